The minimum absolute atomic E-state index is 0.235. The molecule has 2 heterocycles. The van der Waals surface area contributed by atoms with E-state index in [1.807, 2.05) is 0 Å². The van der Waals surface area contributed by atoms with Crippen molar-refractivity contribution in [3.63, 3.8) is 0 Å². The van der Waals surface area contributed by atoms with Crippen molar-refractivity contribution in [1.82, 2.24) is 10.2 Å². The van der Waals surface area contributed by atoms with E-state index in [4.69, 9.17) is 9.47 Å². The number of benzene rings is 2. The Morgan fingerprint density at radius 1 is 1.04 bits per heavy atom. The van der Waals surface area contributed by atoms with Crippen molar-refractivity contribution < 1.29 is 9.47 Å². The molecule has 4 rings (SSSR count). The van der Waals surface area contributed by atoms with Gasteiger partial charge in [0, 0.05) is 38.9 Å². The number of nitrogens with zero attached hydrogens (tertiary/aromatic N) is 2. The molecule has 2 aromatic carbocycles. The van der Waals surface area contributed by atoms with E-state index in [-0.39, 0.29) is 6.17 Å². The molecule has 0 aliphatic carbocycles. The fourth-order valence-electron chi connectivity index (χ4n) is 4.71. The summed E-state index contributed by atoms with van der Waals surface area (Å²) in [6.07, 6.45) is 1.26. The van der Waals surface area contributed by atoms with Gasteiger partial charge in [0.15, 0.2) is 11.5 Å². The van der Waals surface area contributed by atoms with Gasteiger partial charge in [-0.1, -0.05) is 19.1 Å². The normalized spacial score (nSPS) is 24.2. The molecular weight excluding hydrogens is 350 g/mol. The average molecular weight is 382 g/mol. The SMILES string of the molecule is COc1cc2c(cc1OC)[C@H]1[C@@H](C)CN[C@H](c3ccc(N(C)C)cc3)N1CC2. The Morgan fingerprint density at radius 2 is 1.71 bits per heavy atom. The number of hydrogen-bond donors (Lipinski definition) is 1. The van der Waals surface area contributed by atoms with E-state index in [0.29, 0.717) is 12.0 Å². The number of anilines is 1. The van der Waals surface area contributed by atoms with E-state index in [1.54, 1.807) is 14.2 Å². The monoisotopic (exact) mass is 381 g/mol. The van der Waals surface area contributed by atoms with Gasteiger partial charge in [0.1, 0.15) is 0 Å². The summed E-state index contributed by atoms with van der Waals surface area (Å²) in [6.45, 7) is 4.36. The molecule has 0 saturated carbocycles. The summed E-state index contributed by atoms with van der Waals surface area (Å²) >= 11 is 0. The van der Waals surface area contributed by atoms with Crippen molar-refractivity contribution in [3.05, 3.63) is 53.1 Å². The van der Waals surface area contributed by atoms with Crippen LogP contribution in [0.3, 0.4) is 0 Å². The molecule has 2 aliphatic heterocycles. The molecule has 0 aromatic heterocycles. The molecule has 2 aliphatic rings. The van der Waals surface area contributed by atoms with E-state index in [2.05, 4.69) is 72.5 Å². The molecule has 3 atom stereocenters. The van der Waals surface area contributed by atoms with Gasteiger partial charge in [-0.25, -0.2) is 0 Å². The Kier molecular flexibility index (Phi) is 5.21. The molecule has 1 saturated heterocycles. The van der Waals surface area contributed by atoms with Gasteiger partial charge in [0.25, 0.3) is 0 Å². The van der Waals surface area contributed by atoms with Crippen LogP contribution in [0.1, 0.15) is 35.8 Å². The lowest BCUT2D eigenvalue weighted by Crippen LogP contribution is -2.53. The van der Waals surface area contributed by atoms with Crippen LogP contribution in [0.5, 0.6) is 11.5 Å². The molecule has 0 radical (unpaired) electrons. The highest BCUT2D eigenvalue weighted by Crippen LogP contribution is 2.45. The van der Waals surface area contributed by atoms with Gasteiger partial charge in [0.2, 0.25) is 0 Å². The molecule has 0 bridgehead atoms. The number of rotatable bonds is 4. The summed E-state index contributed by atoms with van der Waals surface area (Å²) < 4.78 is 11.1. The average Bonchev–Trinajstić information content (AvgIpc) is 2.72. The molecule has 1 N–H and O–H groups in total. The topological polar surface area (TPSA) is 37.0 Å². The Bertz CT molecular complexity index is 834. The van der Waals surface area contributed by atoms with Crippen molar-refractivity contribution >= 4 is 5.69 Å². The number of methoxy groups -OCH3 is 2. The molecular formula is C23H31N3O2. The molecule has 5 nitrogen and oxygen atoms in total. The maximum atomic E-state index is 5.60. The van der Waals surface area contributed by atoms with E-state index in [9.17, 15) is 0 Å². The lowest BCUT2D eigenvalue weighted by molar-refractivity contribution is 0.0256. The van der Waals surface area contributed by atoms with Gasteiger partial charge in [-0.05, 0) is 53.3 Å². The number of hydrogen-bond acceptors (Lipinski definition) is 5. The molecule has 2 aromatic rings. The Hall–Kier alpha value is -2.24. The quantitative estimate of drug-likeness (QED) is 0.876. The molecule has 1 fully saturated rings. The molecule has 0 amide bonds. The molecule has 0 unspecified atom stereocenters. The summed E-state index contributed by atoms with van der Waals surface area (Å²) in [4.78, 5) is 4.76. The maximum Gasteiger partial charge on any atom is 0.161 e. The van der Waals surface area contributed by atoms with Crippen LogP contribution in [0.4, 0.5) is 5.69 Å². The van der Waals surface area contributed by atoms with Crippen LogP contribution in [0, 0.1) is 5.92 Å². The third kappa shape index (κ3) is 3.23. The van der Waals surface area contributed by atoms with E-state index < -0.39 is 0 Å². The predicted molar refractivity (Wildman–Crippen MR) is 113 cm³/mol. The lowest BCUT2D eigenvalue weighted by atomic mass is 9.82. The number of fused-ring (bicyclic) bond motifs is 3. The van der Waals surface area contributed by atoms with Crippen molar-refractivity contribution in [1.29, 1.82) is 0 Å². The van der Waals surface area contributed by atoms with Crippen molar-refractivity contribution in [3.8, 4) is 11.5 Å². The highest BCUT2D eigenvalue weighted by molar-refractivity contribution is 5.50. The van der Waals surface area contributed by atoms with Crippen LogP contribution in [0.25, 0.3) is 0 Å². The first-order chi connectivity index (χ1) is 13.5. The van der Waals surface area contributed by atoms with Crippen LogP contribution in [-0.2, 0) is 6.42 Å². The maximum absolute atomic E-state index is 5.60. The largest absolute Gasteiger partial charge is 0.493 e. The Morgan fingerprint density at radius 3 is 2.36 bits per heavy atom. The number of nitrogens with one attached hydrogen (secondary N) is 1. The highest BCUT2D eigenvalue weighted by atomic mass is 16.5. The minimum atomic E-state index is 0.235. The first-order valence-corrected chi connectivity index (χ1v) is 10.0. The first kappa shape index (κ1) is 19.1. The third-order valence-electron chi connectivity index (χ3n) is 6.19. The van der Waals surface area contributed by atoms with Crippen LogP contribution in [0.2, 0.25) is 0 Å². The third-order valence-corrected chi connectivity index (χ3v) is 6.19. The second kappa shape index (κ2) is 7.64. The summed E-state index contributed by atoms with van der Waals surface area (Å²) in [5.41, 5.74) is 5.32. The predicted octanol–water partition coefficient (Wildman–Crippen LogP) is 3.61. The van der Waals surface area contributed by atoms with Gasteiger partial charge < -0.3 is 14.4 Å². The standard InChI is InChI=1S/C23H31N3O2/c1-15-14-24-23(16-6-8-18(9-7-16)25(2)3)26-11-10-17-12-20(27-4)21(28-5)13-19(17)22(15)26/h6-9,12-13,15,22-24H,10-11,14H2,1-5H3/t15-,22+,23-/m0/s1. The van der Waals surface area contributed by atoms with E-state index in [0.717, 1.165) is 31.0 Å². The van der Waals surface area contributed by atoms with E-state index in [1.165, 1.54) is 22.4 Å². The van der Waals surface area contributed by atoms with Gasteiger partial charge in [-0.15, -0.1) is 0 Å². The highest BCUT2D eigenvalue weighted by Gasteiger charge is 2.40. The Labute approximate surface area is 168 Å². The Balaban J connectivity index is 1.69. The smallest absolute Gasteiger partial charge is 0.161 e. The second-order valence-corrected chi connectivity index (χ2v) is 8.11. The van der Waals surface area contributed by atoms with Crippen molar-refractivity contribution in [2.75, 3.05) is 46.3 Å². The summed E-state index contributed by atoms with van der Waals surface area (Å²) in [5, 5.41) is 3.77. The van der Waals surface area contributed by atoms with Crippen LogP contribution in [-0.4, -0.2) is 46.3 Å². The summed E-state index contributed by atoms with van der Waals surface area (Å²) in [7, 11) is 7.58. The van der Waals surface area contributed by atoms with Gasteiger partial charge >= 0.3 is 0 Å². The van der Waals surface area contributed by atoms with Gasteiger partial charge in [0.05, 0.1) is 20.4 Å². The lowest BCUT2D eigenvalue weighted by Gasteiger charge is -2.49. The van der Waals surface area contributed by atoms with Crippen molar-refractivity contribution in [2.45, 2.75) is 25.6 Å². The summed E-state index contributed by atoms with van der Waals surface area (Å²) in [5.74, 6) is 2.17. The van der Waals surface area contributed by atoms with Crippen molar-refractivity contribution in [2.24, 2.45) is 5.92 Å². The zero-order valence-electron chi connectivity index (χ0n) is 17.5. The molecule has 5 heteroatoms. The van der Waals surface area contributed by atoms with Crippen LogP contribution < -0.4 is 19.7 Å². The zero-order valence-corrected chi connectivity index (χ0v) is 17.5. The van der Waals surface area contributed by atoms with Crippen LogP contribution >= 0.6 is 0 Å². The summed E-state index contributed by atoms with van der Waals surface area (Å²) in [6, 6.07) is 13.7. The fraction of sp³-hybridized carbons (Fsp3) is 0.478. The van der Waals surface area contributed by atoms with Crippen LogP contribution in [0.15, 0.2) is 36.4 Å². The number of ether oxygens (including phenoxy) is 2. The van der Waals surface area contributed by atoms with Gasteiger partial charge in [-0.3, -0.25) is 10.2 Å². The van der Waals surface area contributed by atoms with E-state index >= 15 is 0 Å². The fourth-order valence-corrected chi connectivity index (χ4v) is 4.71. The van der Waals surface area contributed by atoms with Gasteiger partial charge in [-0.2, -0.15) is 0 Å². The molecule has 28 heavy (non-hydrogen) atoms. The minimum Gasteiger partial charge on any atom is -0.493 e. The molecule has 0 spiro atoms. The first-order valence-electron chi connectivity index (χ1n) is 10.0. The zero-order chi connectivity index (χ0) is 19.8. The molecule has 150 valence electrons. The second-order valence-electron chi connectivity index (χ2n) is 8.11.